The molecule has 1 aromatic heterocycles. The Labute approximate surface area is 161 Å². The van der Waals surface area contributed by atoms with Crippen LogP contribution in [-0.2, 0) is 21.2 Å². The Hall–Kier alpha value is -1.58. The first kappa shape index (κ1) is 19.2. The average Bonchev–Trinajstić information content (AvgIpc) is 3.34. The van der Waals surface area contributed by atoms with Crippen molar-refractivity contribution in [2.75, 3.05) is 17.3 Å². The molecule has 1 aromatic carbocycles. The number of thioether (sulfide) groups is 1. The molecule has 0 aliphatic heterocycles. The monoisotopic (exact) mass is 414 g/mol. The third-order valence-corrected chi connectivity index (χ3v) is 6.38. The maximum absolute atomic E-state index is 12.3. The highest BCUT2D eigenvalue weighted by molar-refractivity contribution is 7.99. The van der Waals surface area contributed by atoms with Crippen molar-refractivity contribution in [1.29, 1.82) is 0 Å². The van der Waals surface area contributed by atoms with E-state index in [0.29, 0.717) is 11.1 Å². The van der Waals surface area contributed by atoms with Gasteiger partial charge in [0.2, 0.25) is 5.91 Å². The molecule has 0 atom stereocenters. The van der Waals surface area contributed by atoms with Crippen molar-refractivity contribution >= 4 is 44.8 Å². The van der Waals surface area contributed by atoms with Gasteiger partial charge in [-0.2, -0.15) is 0 Å². The van der Waals surface area contributed by atoms with Crippen molar-refractivity contribution in [2.45, 2.75) is 42.3 Å². The Kier molecular flexibility index (Phi) is 5.59. The molecule has 7 nitrogen and oxygen atoms in total. The van der Waals surface area contributed by atoms with Gasteiger partial charge in [0.15, 0.2) is 15.0 Å². The summed E-state index contributed by atoms with van der Waals surface area (Å²) in [5.41, 5.74) is 0.274. The second-order valence-electron chi connectivity index (χ2n) is 6.11. The van der Waals surface area contributed by atoms with E-state index < -0.39 is 9.84 Å². The molecule has 1 heterocycles. The molecule has 26 heavy (non-hydrogen) atoms. The molecule has 0 saturated heterocycles. The van der Waals surface area contributed by atoms with Crippen LogP contribution in [0.1, 0.15) is 31.5 Å². The molecule has 1 saturated carbocycles. The first-order chi connectivity index (χ1) is 12.3. The largest absolute Gasteiger partial charge is 0.324 e. The van der Waals surface area contributed by atoms with Gasteiger partial charge in [0, 0.05) is 18.7 Å². The number of nitrogens with zero attached hydrogens (tertiary/aromatic N) is 3. The predicted molar refractivity (Wildman–Crippen MR) is 102 cm³/mol. The highest BCUT2D eigenvalue weighted by Gasteiger charge is 2.30. The summed E-state index contributed by atoms with van der Waals surface area (Å²) in [6.45, 7) is 2.78. The van der Waals surface area contributed by atoms with Crippen LogP contribution in [-0.4, -0.2) is 41.1 Å². The molecule has 10 heteroatoms. The lowest BCUT2D eigenvalue weighted by Gasteiger charge is -2.09. The van der Waals surface area contributed by atoms with Crippen LogP contribution in [0.15, 0.2) is 28.3 Å². The van der Waals surface area contributed by atoms with E-state index >= 15 is 0 Å². The van der Waals surface area contributed by atoms with Gasteiger partial charge in [-0.3, -0.25) is 4.79 Å². The number of hydrogen-bond donors (Lipinski definition) is 1. The molecule has 2 aromatic rings. The number of rotatable bonds is 7. The molecule has 3 rings (SSSR count). The zero-order chi connectivity index (χ0) is 18.9. The second kappa shape index (κ2) is 7.58. The smallest absolute Gasteiger partial charge is 0.234 e. The van der Waals surface area contributed by atoms with Crippen LogP contribution in [0.3, 0.4) is 0 Å². The SMILES string of the molecule is CCn1c(SCC(=O)Nc2cc(S(C)(=O)=O)ccc2Cl)nnc1C1CC1. The molecule has 1 N–H and O–H groups in total. The first-order valence-electron chi connectivity index (χ1n) is 8.15. The molecule has 0 unspecified atom stereocenters. The number of amides is 1. The summed E-state index contributed by atoms with van der Waals surface area (Å²) < 4.78 is 25.3. The molecule has 0 spiro atoms. The number of anilines is 1. The van der Waals surface area contributed by atoms with Gasteiger partial charge in [0.1, 0.15) is 5.82 Å². The van der Waals surface area contributed by atoms with Crippen molar-refractivity contribution in [3.63, 3.8) is 0 Å². The predicted octanol–water partition coefficient (Wildman–Crippen LogP) is 2.96. The summed E-state index contributed by atoms with van der Waals surface area (Å²) in [4.78, 5) is 12.4. The summed E-state index contributed by atoms with van der Waals surface area (Å²) in [5, 5.41) is 12.1. The van der Waals surface area contributed by atoms with E-state index in [9.17, 15) is 13.2 Å². The summed E-state index contributed by atoms with van der Waals surface area (Å²) in [7, 11) is -3.38. The van der Waals surface area contributed by atoms with Gasteiger partial charge in [0.05, 0.1) is 21.4 Å². The minimum absolute atomic E-state index is 0.102. The van der Waals surface area contributed by atoms with Gasteiger partial charge < -0.3 is 9.88 Å². The van der Waals surface area contributed by atoms with Crippen LogP contribution in [0, 0.1) is 0 Å². The zero-order valence-corrected chi connectivity index (χ0v) is 16.8. The second-order valence-corrected chi connectivity index (χ2v) is 9.48. The van der Waals surface area contributed by atoms with E-state index in [1.807, 2.05) is 11.5 Å². The molecular weight excluding hydrogens is 396 g/mol. The average molecular weight is 415 g/mol. The number of halogens is 1. The van der Waals surface area contributed by atoms with Gasteiger partial charge in [-0.05, 0) is 38.0 Å². The number of carbonyl (C=O) groups is 1. The Morgan fingerprint density at radius 1 is 1.38 bits per heavy atom. The quantitative estimate of drug-likeness (QED) is 0.700. The highest BCUT2D eigenvalue weighted by Crippen LogP contribution is 2.40. The lowest BCUT2D eigenvalue weighted by molar-refractivity contribution is -0.113. The number of carbonyl (C=O) groups excluding carboxylic acids is 1. The van der Waals surface area contributed by atoms with Crippen LogP contribution in [0.25, 0.3) is 0 Å². The Bertz CT molecular complexity index is 939. The minimum atomic E-state index is -3.38. The first-order valence-corrected chi connectivity index (χ1v) is 11.4. The number of nitrogens with one attached hydrogen (secondary N) is 1. The van der Waals surface area contributed by atoms with E-state index in [0.717, 1.165) is 31.5 Å². The van der Waals surface area contributed by atoms with Crippen molar-refractivity contribution in [1.82, 2.24) is 14.8 Å². The van der Waals surface area contributed by atoms with Gasteiger partial charge in [-0.25, -0.2) is 8.42 Å². The van der Waals surface area contributed by atoms with E-state index in [-0.39, 0.29) is 27.3 Å². The number of aromatic nitrogens is 3. The van der Waals surface area contributed by atoms with Crippen LogP contribution >= 0.6 is 23.4 Å². The Balaban J connectivity index is 1.67. The maximum Gasteiger partial charge on any atom is 0.234 e. The fourth-order valence-corrected chi connectivity index (χ4v) is 4.12. The number of benzene rings is 1. The maximum atomic E-state index is 12.3. The lowest BCUT2D eigenvalue weighted by Crippen LogP contribution is -2.15. The van der Waals surface area contributed by atoms with Gasteiger partial charge in [-0.15, -0.1) is 10.2 Å². The van der Waals surface area contributed by atoms with Crippen LogP contribution < -0.4 is 5.32 Å². The normalized spacial score (nSPS) is 14.4. The molecule has 0 radical (unpaired) electrons. The fourth-order valence-electron chi connectivity index (χ4n) is 2.49. The molecule has 0 bridgehead atoms. The molecule has 1 fully saturated rings. The van der Waals surface area contributed by atoms with Gasteiger partial charge in [0.25, 0.3) is 0 Å². The van der Waals surface area contributed by atoms with Crippen molar-refractivity contribution in [3.8, 4) is 0 Å². The minimum Gasteiger partial charge on any atom is -0.324 e. The Morgan fingerprint density at radius 3 is 2.73 bits per heavy atom. The zero-order valence-electron chi connectivity index (χ0n) is 14.4. The molecule has 1 aliphatic carbocycles. The highest BCUT2D eigenvalue weighted by atomic mass is 35.5. The summed E-state index contributed by atoms with van der Waals surface area (Å²) in [6.07, 6.45) is 3.38. The molecule has 1 aliphatic rings. The topological polar surface area (TPSA) is 94.0 Å². The third kappa shape index (κ3) is 4.39. The summed E-state index contributed by atoms with van der Waals surface area (Å²) in [6, 6.07) is 4.22. The summed E-state index contributed by atoms with van der Waals surface area (Å²) in [5.74, 6) is 1.31. The number of sulfone groups is 1. The lowest BCUT2D eigenvalue weighted by atomic mass is 10.3. The van der Waals surface area contributed by atoms with Crippen molar-refractivity contribution < 1.29 is 13.2 Å². The van der Waals surface area contributed by atoms with E-state index in [1.54, 1.807) is 0 Å². The van der Waals surface area contributed by atoms with Gasteiger partial charge >= 0.3 is 0 Å². The Morgan fingerprint density at radius 2 is 2.12 bits per heavy atom. The van der Waals surface area contributed by atoms with Gasteiger partial charge in [-0.1, -0.05) is 23.4 Å². The molecular formula is C16H19ClN4O3S2. The standard InChI is InChI=1S/C16H19ClN4O3S2/c1-3-21-15(10-4-5-10)19-20-16(21)25-9-14(22)18-13-8-11(26(2,23)24)6-7-12(13)17/h6-8,10H,3-5,9H2,1-2H3,(H,18,22). The molecule has 140 valence electrons. The summed E-state index contributed by atoms with van der Waals surface area (Å²) >= 11 is 7.35. The van der Waals surface area contributed by atoms with E-state index in [1.165, 1.54) is 30.0 Å². The number of hydrogen-bond acceptors (Lipinski definition) is 6. The van der Waals surface area contributed by atoms with Crippen molar-refractivity contribution in [3.05, 3.63) is 29.0 Å². The van der Waals surface area contributed by atoms with E-state index in [4.69, 9.17) is 11.6 Å². The molecule has 1 amide bonds. The fraction of sp³-hybridized carbons (Fsp3) is 0.438. The third-order valence-electron chi connectivity index (χ3n) is 3.98. The van der Waals surface area contributed by atoms with Crippen LogP contribution in [0.4, 0.5) is 5.69 Å². The van der Waals surface area contributed by atoms with Crippen molar-refractivity contribution in [2.24, 2.45) is 0 Å². The van der Waals surface area contributed by atoms with Crippen LogP contribution in [0.5, 0.6) is 0 Å². The van der Waals surface area contributed by atoms with E-state index in [2.05, 4.69) is 15.5 Å². The van der Waals surface area contributed by atoms with Crippen LogP contribution in [0.2, 0.25) is 5.02 Å².